The Balaban J connectivity index is 1.69. The summed E-state index contributed by atoms with van der Waals surface area (Å²) in [5.41, 5.74) is 2.74. The summed E-state index contributed by atoms with van der Waals surface area (Å²) < 4.78 is 6.38. The molecule has 0 N–H and O–H groups in total. The Bertz CT molecular complexity index is 594. The first kappa shape index (κ1) is 13.1. The van der Waals surface area contributed by atoms with E-state index in [0.29, 0.717) is 5.92 Å². The summed E-state index contributed by atoms with van der Waals surface area (Å²) in [6.45, 7) is 8.91. The molecule has 1 aromatic carbocycles. The van der Waals surface area contributed by atoms with Gasteiger partial charge in [0.15, 0.2) is 0 Å². The average molecular weight is 381 g/mol. The first-order valence-electron chi connectivity index (χ1n) is 7.27. The van der Waals surface area contributed by atoms with Crippen LogP contribution in [0.15, 0.2) is 36.4 Å². The third-order valence-corrected chi connectivity index (χ3v) is 7.47. The van der Waals surface area contributed by atoms with Crippen molar-refractivity contribution in [3.8, 4) is 0 Å². The maximum Gasteiger partial charge on any atom is 0.144 e. The van der Waals surface area contributed by atoms with Gasteiger partial charge in [-0.15, -0.1) is 0 Å². The van der Waals surface area contributed by atoms with E-state index in [-0.39, 0.29) is 14.6 Å². The van der Waals surface area contributed by atoms with Gasteiger partial charge in [0.05, 0.1) is 6.54 Å². The van der Waals surface area contributed by atoms with Crippen molar-refractivity contribution in [2.24, 2.45) is 11.3 Å². The summed E-state index contributed by atoms with van der Waals surface area (Å²) >= 11 is 2.49. The lowest BCUT2D eigenvalue weighted by Gasteiger charge is -2.37. The monoisotopic (exact) mass is 381 g/mol. The number of aryl methyl sites for hydroxylation is 1. The Hall–Kier alpha value is -0.550. The molecule has 0 amide bonds. The summed E-state index contributed by atoms with van der Waals surface area (Å²) in [5, 5.41) is 0. The number of halogens is 1. The third kappa shape index (κ3) is 1.48. The molecule has 20 heavy (non-hydrogen) atoms. The summed E-state index contributed by atoms with van der Waals surface area (Å²) in [6.07, 6.45) is 4.60. The van der Waals surface area contributed by atoms with Crippen molar-refractivity contribution in [2.45, 2.75) is 30.0 Å². The zero-order chi connectivity index (χ0) is 14.2. The van der Waals surface area contributed by atoms with E-state index in [0.717, 1.165) is 13.1 Å². The molecule has 1 spiro atoms. The van der Waals surface area contributed by atoms with Crippen LogP contribution in [0.2, 0.25) is 0 Å². The summed E-state index contributed by atoms with van der Waals surface area (Å²) in [7, 11) is 0. The second-order valence-corrected chi connectivity index (χ2v) is 8.63. The van der Waals surface area contributed by atoms with Crippen molar-refractivity contribution in [1.82, 2.24) is 0 Å². The van der Waals surface area contributed by atoms with Gasteiger partial charge < -0.3 is 9.64 Å². The van der Waals surface area contributed by atoms with Crippen LogP contribution in [-0.2, 0) is 4.74 Å². The van der Waals surface area contributed by atoms with Crippen LogP contribution >= 0.6 is 22.6 Å². The minimum absolute atomic E-state index is 0.0738. The maximum absolute atomic E-state index is 6.50. The normalized spacial score (nSPS) is 40.4. The highest BCUT2D eigenvalue weighted by atomic mass is 127. The molecule has 2 nitrogen and oxygen atoms in total. The minimum Gasteiger partial charge on any atom is -0.368 e. The minimum atomic E-state index is -0.116. The summed E-state index contributed by atoms with van der Waals surface area (Å²) in [4.78, 5) is 2.48. The van der Waals surface area contributed by atoms with Crippen LogP contribution in [0.4, 0.5) is 5.69 Å². The molecular weight excluding hydrogens is 361 g/mol. The molecule has 3 heterocycles. The van der Waals surface area contributed by atoms with Crippen LogP contribution in [0.25, 0.3) is 0 Å². The number of rotatable bonds is 1. The van der Waals surface area contributed by atoms with E-state index in [2.05, 4.69) is 84.7 Å². The lowest BCUT2D eigenvalue weighted by molar-refractivity contribution is 0.0182. The standard InChI is InChI=1S/C17H20INO/c1-12-4-6-13(7-5-12)19-10-14-15(2,3)17(18)9-8-16(14,11-19)20-17/h4-9,14H,10-11H2,1-3H3/t14-,16-,17-/m1/s1. The smallest absolute Gasteiger partial charge is 0.144 e. The fourth-order valence-electron chi connectivity index (χ4n) is 4.09. The van der Waals surface area contributed by atoms with Gasteiger partial charge in [0, 0.05) is 23.6 Å². The number of hydrogen-bond donors (Lipinski definition) is 0. The predicted molar refractivity (Wildman–Crippen MR) is 90.4 cm³/mol. The lowest BCUT2D eigenvalue weighted by Crippen LogP contribution is -2.41. The zero-order valence-electron chi connectivity index (χ0n) is 12.2. The molecule has 2 bridgehead atoms. The molecule has 3 heteroatoms. The van der Waals surface area contributed by atoms with Crippen LogP contribution in [-0.4, -0.2) is 22.3 Å². The molecule has 2 saturated heterocycles. The molecule has 0 radical (unpaired) electrons. The Morgan fingerprint density at radius 1 is 1.20 bits per heavy atom. The van der Waals surface area contributed by atoms with Gasteiger partial charge in [-0.2, -0.15) is 0 Å². The molecular formula is C17H20INO. The fourth-order valence-corrected chi connectivity index (χ4v) is 5.05. The van der Waals surface area contributed by atoms with Crippen molar-refractivity contribution in [3.63, 3.8) is 0 Å². The van der Waals surface area contributed by atoms with E-state index in [4.69, 9.17) is 4.74 Å². The maximum atomic E-state index is 6.50. The summed E-state index contributed by atoms with van der Waals surface area (Å²) in [6, 6.07) is 8.85. The van der Waals surface area contributed by atoms with E-state index in [1.54, 1.807) is 0 Å². The van der Waals surface area contributed by atoms with Crippen molar-refractivity contribution in [3.05, 3.63) is 42.0 Å². The molecule has 0 saturated carbocycles. The van der Waals surface area contributed by atoms with Crippen LogP contribution in [0.5, 0.6) is 0 Å². The number of nitrogens with zero attached hydrogens (tertiary/aromatic N) is 1. The van der Waals surface area contributed by atoms with Crippen LogP contribution in [0.3, 0.4) is 0 Å². The number of fused-ring (bicyclic) bond motifs is 1. The van der Waals surface area contributed by atoms with E-state index in [1.807, 2.05) is 0 Å². The number of alkyl halides is 1. The van der Waals surface area contributed by atoms with E-state index in [1.165, 1.54) is 11.3 Å². The molecule has 3 aliphatic rings. The first-order chi connectivity index (χ1) is 9.36. The Morgan fingerprint density at radius 3 is 2.55 bits per heavy atom. The van der Waals surface area contributed by atoms with Gasteiger partial charge in [0.1, 0.15) is 9.21 Å². The van der Waals surface area contributed by atoms with Crippen LogP contribution < -0.4 is 4.90 Å². The second kappa shape index (κ2) is 3.80. The molecule has 4 rings (SSSR count). The number of hydrogen-bond acceptors (Lipinski definition) is 2. The van der Waals surface area contributed by atoms with Crippen LogP contribution in [0, 0.1) is 18.3 Å². The van der Waals surface area contributed by atoms with E-state index >= 15 is 0 Å². The van der Waals surface area contributed by atoms with Gasteiger partial charge in [-0.1, -0.05) is 37.6 Å². The molecule has 0 unspecified atom stereocenters. The Morgan fingerprint density at radius 2 is 1.90 bits per heavy atom. The van der Waals surface area contributed by atoms with Gasteiger partial charge in [-0.05, 0) is 47.7 Å². The number of anilines is 1. The molecule has 0 aliphatic carbocycles. The Labute approximate surface area is 134 Å². The molecule has 3 atom stereocenters. The number of benzene rings is 1. The quantitative estimate of drug-likeness (QED) is 0.415. The number of ether oxygens (including phenoxy) is 1. The molecule has 0 aromatic heterocycles. The highest BCUT2D eigenvalue weighted by molar-refractivity contribution is 14.1. The Kier molecular flexibility index (Phi) is 2.50. The zero-order valence-corrected chi connectivity index (χ0v) is 14.3. The first-order valence-corrected chi connectivity index (χ1v) is 8.35. The lowest BCUT2D eigenvalue weighted by atomic mass is 9.68. The summed E-state index contributed by atoms with van der Waals surface area (Å²) in [5.74, 6) is 0.568. The second-order valence-electron chi connectivity index (χ2n) is 7.03. The van der Waals surface area contributed by atoms with Crippen molar-refractivity contribution in [2.75, 3.05) is 18.0 Å². The fraction of sp³-hybridized carbons (Fsp3) is 0.529. The van der Waals surface area contributed by atoms with E-state index in [9.17, 15) is 0 Å². The average Bonchev–Trinajstić information content (AvgIpc) is 2.97. The SMILES string of the molecule is Cc1ccc(N2C[C@@H]3C(C)(C)[C@@]4(I)C=C[C@]3(C2)O4)cc1. The highest BCUT2D eigenvalue weighted by Gasteiger charge is 2.70. The van der Waals surface area contributed by atoms with Gasteiger partial charge in [0.2, 0.25) is 0 Å². The molecule has 106 valence electrons. The van der Waals surface area contributed by atoms with Gasteiger partial charge in [-0.3, -0.25) is 0 Å². The highest BCUT2D eigenvalue weighted by Crippen LogP contribution is 2.65. The largest absolute Gasteiger partial charge is 0.368 e. The van der Waals surface area contributed by atoms with Crippen molar-refractivity contribution >= 4 is 28.3 Å². The molecule has 2 fully saturated rings. The van der Waals surface area contributed by atoms with Gasteiger partial charge in [-0.25, -0.2) is 0 Å². The van der Waals surface area contributed by atoms with Gasteiger partial charge in [0.25, 0.3) is 0 Å². The van der Waals surface area contributed by atoms with Crippen molar-refractivity contribution < 1.29 is 4.74 Å². The predicted octanol–water partition coefficient (Wildman–Crippen LogP) is 3.93. The topological polar surface area (TPSA) is 12.5 Å². The van der Waals surface area contributed by atoms with Crippen LogP contribution in [0.1, 0.15) is 19.4 Å². The van der Waals surface area contributed by atoms with Crippen molar-refractivity contribution in [1.29, 1.82) is 0 Å². The molecule has 1 aromatic rings. The third-order valence-electron chi connectivity index (χ3n) is 5.50. The van der Waals surface area contributed by atoms with E-state index < -0.39 is 0 Å². The van der Waals surface area contributed by atoms with Gasteiger partial charge >= 0.3 is 0 Å². The molecule has 3 aliphatic heterocycles.